The molecule has 4 heteroatoms. The van der Waals surface area contributed by atoms with Crippen LogP contribution in [0.2, 0.25) is 0 Å². The first-order chi connectivity index (χ1) is 2.77. The fourth-order valence-corrected chi connectivity index (χ4v) is 0.0861. The minimum atomic E-state index is -1.47. The Hall–Kier alpha value is -0.160. The molecule has 0 fully saturated rings. The minimum Gasteiger partial charge on any atom is -0.636 e. The van der Waals surface area contributed by atoms with Crippen LogP contribution in [0.25, 0.3) is 0 Å². The molecule has 0 aromatic heterocycles. The van der Waals surface area contributed by atoms with Gasteiger partial charge in [0.25, 0.3) is 0 Å². The van der Waals surface area contributed by atoms with Crippen molar-refractivity contribution < 1.29 is 15.7 Å². The predicted molar refractivity (Wildman–Crippen MR) is 18.4 cm³/mol. The summed E-state index contributed by atoms with van der Waals surface area (Å²) >= 11 is 0. The Bertz CT molecular complexity index is 30.0. The van der Waals surface area contributed by atoms with Gasteiger partial charge in [0.2, 0.25) is 6.29 Å². The zero-order chi connectivity index (χ0) is 4.99. The molecule has 0 radical (unpaired) electrons. The van der Waals surface area contributed by atoms with Gasteiger partial charge in [-0.15, -0.1) is 0 Å². The molecule has 0 heterocycles. The van der Waals surface area contributed by atoms with Crippen molar-refractivity contribution in [2.24, 2.45) is 0 Å². The zero-order valence-electron chi connectivity index (χ0n) is 3.16. The predicted octanol–water partition coefficient (Wildman–Crippen LogP) is -2.64. The highest BCUT2D eigenvalue weighted by Crippen LogP contribution is 1.57. The summed E-state index contributed by atoms with van der Waals surface area (Å²) in [4.78, 5) is 0. The van der Waals surface area contributed by atoms with Gasteiger partial charge in [0, 0.05) is 0 Å². The summed E-state index contributed by atoms with van der Waals surface area (Å²) in [7, 11) is 0. The molecule has 0 aromatic rings. The number of hydrogen-bond donors (Lipinski definition) is 3. The number of aliphatic hydroxyl groups excluding tert-OH is 1. The second kappa shape index (κ2) is 3.05. The zero-order valence-corrected chi connectivity index (χ0v) is 3.16. The summed E-state index contributed by atoms with van der Waals surface area (Å²) in [6.07, 6.45) is -1.47. The van der Waals surface area contributed by atoms with Crippen molar-refractivity contribution in [3.63, 3.8) is 0 Å². The molecule has 4 N–H and O–H groups in total. The summed E-state index contributed by atoms with van der Waals surface area (Å²) in [6.45, 7) is -0.194. The van der Waals surface area contributed by atoms with Gasteiger partial charge in [-0.3, -0.25) is 0 Å². The maximum Gasteiger partial charge on any atom is 0.202 e. The van der Waals surface area contributed by atoms with E-state index in [1.165, 1.54) is 0 Å². The third-order valence-electron chi connectivity index (χ3n) is 0.307. The normalized spacial score (nSPS) is 10.0. The van der Waals surface area contributed by atoms with E-state index in [4.69, 9.17) is 10.2 Å². The van der Waals surface area contributed by atoms with E-state index in [2.05, 4.69) is 0 Å². The molecular weight excluding hydrogens is 86.0 g/mol. The van der Waals surface area contributed by atoms with Crippen LogP contribution in [0.15, 0.2) is 0 Å². The lowest BCUT2D eigenvalue weighted by Crippen LogP contribution is -2.79. The van der Waals surface area contributed by atoms with Crippen LogP contribution in [0, 0.1) is 5.21 Å². The van der Waals surface area contributed by atoms with Crippen LogP contribution in [0.1, 0.15) is 0 Å². The fourth-order valence-electron chi connectivity index (χ4n) is 0.0861. The first-order valence-corrected chi connectivity index (χ1v) is 1.57. The second-order valence-corrected chi connectivity index (χ2v) is 0.883. The first kappa shape index (κ1) is 5.84. The summed E-state index contributed by atoms with van der Waals surface area (Å²) in [5.74, 6) is 0. The van der Waals surface area contributed by atoms with Crippen LogP contribution in [0.5, 0.6) is 0 Å². The molecule has 0 aliphatic carbocycles. The summed E-state index contributed by atoms with van der Waals surface area (Å²) in [5.41, 5.74) is 0.449. The molecule has 0 aromatic carbocycles. The van der Waals surface area contributed by atoms with Crippen molar-refractivity contribution >= 4 is 0 Å². The molecule has 0 bridgehead atoms. The Morgan fingerprint density at radius 1 is 1.67 bits per heavy atom. The Labute approximate surface area is 35.0 Å². The molecule has 6 heavy (non-hydrogen) atoms. The summed E-state index contributed by atoms with van der Waals surface area (Å²) < 4.78 is 0. The van der Waals surface area contributed by atoms with Crippen LogP contribution in [-0.2, 0) is 0 Å². The quantitative estimate of drug-likeness (QED) is 0.258. The van der Waals surface area contributed by atoms with E-state index in [9.17, 15) is 5.21 Å². The molecule has 4 nitrogen and oxygen atoms in total. The molecule has 0 amide bonds. The van der Waals surface area contributed by atoms with Gasteiger partial charge in [-0.05, 0) is 0 Å². The monoisotopic (exact) mass is 93.0 g/mol. The maximum absolute atomic E-state index is 9.30. The van der Waals surface area contributed by atoms with Gasteiger partial charge in [-0.25, -0.2) is 0 Å². The van der Waals surface area contributed by atoms with Crippen molar-refractivity contribution in [3.05, 3.63) is 5.21 Å². The maximum atomic E-state index is 9.30. The van der Waals surface area contributed by atoms with E-state index in [0.29, 0.717) is 5.48 Å². The van der Waals surface area contributed by atoms with Crippen molar-refractivity contribution in [2.75, 3.05) is 6.54 Å². The van der Waals surface area contributed by atoms with Crippen LogP contribution in [-0.4, -0.2) is 23.0 Å². The molecule has 0 atom stereocenters. The molecule has 0 aliphatic heterocycles. The average Bonchev–Trinajstić information content (AvgIpc) is 1.35. The van der Waals surface area contributed by atoms with E-state index in [1.807, 2.05) is 0 Å². The number of quaternary nitrogens is 1. The van der Waals surface area contributed by atoms with Gasteiger partial charge in [0.1, 0.15) is 6.54 Å². The Morgan fingerprint density at radius 2 is 2.17 bits per heavy atom. The number of nitrogens with two attached hydrogens (primary N) is 1. The SMILES string of the molecule is [O-][NH2+]CC(O)O. The highest BCUT2D eigenvalue weighted by Gasteiger charge is 1.90. The minimum absolute atomic E-state index is 0.194. The van der Waals surface area contributed by atoms with E-state index >= 15 is 0 Å². The van der Waals surface area contributed by atoms with Crippen LogP contribution in [0.3, 0.4) is 0 Å². The number of hydrogen-bond acceptors (Lipinski definition) is 3. The largest absolute Gasteiger partial charge is 0.636 e. The lowest BCUT2D eigenvalue weighted by molar-refractivity contribution is -0.604. The number of rotatable bonds is 2. The van der Waals surface area contributed by atoms with Gasteiger partial charge in [-0.1, -0.05) is 0 Å². The highest BCUT2D eigenvalue weighted by molar-refractivity contribution is 4.21. The van der Waals surface area contributed by atoms with E-state index in [-0.39, 0.29) is 6.54 Å². The fraction of sp³-hybridized carbons (Fsp3) is 1.00. The lowest BCUT2D eigenvalue weighted by Gasteiger charge is -2.00. The Balaban J connectivity index is 2.63. The standard InChI is InChI=1S/C2H7NO3/c4-2(5)1-3-6/h2,4-5H,1,3H2. The summed E-state index contributed by atoms with van der Waals surface area (Å²) in [5, 5.41) is 25.0. The molecule has 0 saturated carbocycles. The third-order valence-corrected chi connectivity index (χ3v) is 0.307. The topological polar surface area (TPSA) is 80.1 Å². The summed E-state index contributed by atoms with van der Waals surface area (Å²) in [6, 6.07) is 0. The van der Waals surface area contributed by atoms with Crippen molar-refractivity contribution in [2.45, 2.75) is 6.29 Å². The van der Waals surface area contributed by atoms with Gasteiger partial charge >= 0.3 is 0 Å². The average molecular weight is 93.1 g/mol. The molecule has 0 unspecified atom stereocenters. The molecule has 38 valence electrons. The van der Waals surface area contributed by atoms with Gasteiger partial charge in [0.15, 0.2) is 0 Å². The first-order valence-electron chi connectivity index (χ1n) is 1.57. The van der Waals surface area contributed by atoms with Crippen LogP contribution >= 0.6 is 0 Å². The van der Waals surface area contributed by atoms with Crippen molar-refractivity contribution in [1.29, 1.82) is 0 Å². The van der Waals surface area contributed by atoms with E-state index < -0.39 is 6.29 Å². The molecule has 0 rings (SSSR count). The molecule has 0 aliphatic rings. The Kier molecular flexibility index (Phi) is 2.97. The smallest absolute Gasteiger partial charge is 0.202 e. The van der Waals surface area contributed by atoms with Gasteiger partial charge < -0.3 is 20.9 Å². The molecule has 0 saturated heterocycles. The second-order valence-electron chi connectivity index (χ2n) is 0.883. The lowest BCUT2D eigenvalue weighted by atomic mass is 10.7. The highest BCUT2D eigenvalue weighted by atomic mass is 16.5. The Morgan fingerprint density at radius 3 is 2.17 bits per heavy atom. The van der Waals surface area contributed by atoms with Gasteiger partial charge in [0.05, 0.1) is 0 Å². The van der Waals surface area contributed by atoms with Crippen molar-refractivity contribution in [1.82, 2.24) is 0 Å². The number of hydroxylamine groups is 1. The van der Waals surface area contributed by atoms with Crippen LogP contribution in [0.4, 0.5) is 0 Å². The third kappa shape index (κ3) is 3.84. The number of aliphatic hydroxyl groups is 2. The van der Waals surface area contributed by atoms with E-state index in [1.54, 1.807) is 0 Å². The van der Waals surface area contributed by atoms with Crippen LogP contribution < -0.4 is 5.48 Å². The van der Waals surface area contributed by atoms with Crippen molar-refractivity contribution in [3.8, 4) is 0 Å². The molecule has 0 spiro atoms. The molecular formula is C2H7NO3. The van der Waals surface area contributed by atoms with Gasteiger partial charge in [-0.2, -0.15) is 0 Å². The van der Waals surface area contributed by atoms with E-state index in [0.717, 1.165) is 0 Å².